The molecular formula is C24H34N6O. The Bertz CT molecular complexity index is 831. The van der Waals surface area contributed by atoms with Crippen LogP contribution < -0.4 is 15.4 Å². The lowest BCUT2D eigenvalue weighted by Crippen LogP contribution is -2.48. The smallest absolute Gasteiger partial charge is 0.213 e. The number of hydrogen-bond donors (Lipinski definition) is 2. The quantitative estimate of drug-likeness (QED) is 0.478. The number of rotatable bonds is 9. The summed E-state index contributed by atoms with van der Waals surface area (Å²) in [7, 11) is 0. The molecule has 2 aliphatic rings. The van der Waals surface area contributed by atoms with Crippen LogP contribution >= 0.6 is 0 Å². The van der Waals surface area contributed by atoms with Crippen LogP contribution in [0.1, 0.15) is 43.9 Å². The Kier molecular flexibility index (Phi) is 7.71. The summed E-state index contributed by atoms with van der Waals surface area (Å²) >= 11 is 0. The molecule has 0 radical (unpaired) electrons. The van der Waals surface area contributed by atoms with Crippen LogP contribution in [0.25, 0.3) is 0 Å². The summed E-state index contributed by atoms with van der Waals surface area (Å²) < 4.78 is 5.80. The predicted molar refractivity (Wildman–Crippen MR) is 123 cm³/mol. The molecule has 0 atom stereocenters. The zero-order valence-electron chi connectivity index (χ0n) is 18.5. The molecule has 0 spiro atoms. The van der Waals surface area contributed by atoms with E-state index in [1.807, 2.05) is 30.6 Å². The molecule has 0 unspecified atom stereocenters. The lowest BCUT2D eigenvalue weighted by atomic mass is 10.0. The summed E-state index contributed by atoms with van der Waals surface area (Å²) in [4.78, 5) is 16.0. The van der Waals surface area contributed by atoms with Crippen LogP contribution in [0.5, 0.6) is 5.88 Å². The van der Waals surface area contributed by atoms with Gasteiger partial charge in [0.05, 0.1) is 18.8 Å². The summed E-state index contributed by atoms with van der Waals surface area (Å²) in [5, 5.41) is 7.01. The van der Waals surface area contributed by atoms with E-state index >= 15 is 0 Å². The fourth-order valence-corrected chi connectivity index (χ4v) is 3.76. The van der Waals surface area contributed by atoms with Gasteiger partial charge in [-0.3, -0.25) is 9.88 Å². The molecule has 0 bridgehead atoms. The number of aliphatic imine (C=N–C) groups is 1. The summed E-state index contributed by atoms with van der Waals surface area (Å²) in [5.74, 6) is 2.31. The topological polar surface area (TPSA) is 74.7 Å². The van der Waals surface area contributed by atoms with Gasteiger partial charge in [0.15, 0.2) is 5.96 Å². The molecule has 7 heteroatoms. The number of nitrogens with zero attached hydrogens (tertiary/aromatic N) is 4. The fourth-order valence-electron chi connectivity index (χ4n) is 3.76. The molecule has 2 aromatic heterocycles. The van der Waals surface area contributed by atoms with E-state index in [0.717, 1.165) is 68.8 Å². The highest BCUT2D eigenvalue weighted by Crippen LogP contribution is 2.29. The highest BCUT2D eigenvalue weighted by molar-refractivity contribution is 5.80. The van der Waals surface area contributed by atoms with Crippen molar-refractivity contribution in [3.63, 3.8) is 0 Å². The van der Waals surface area contributed by atoms with Crippen molar-refractivity contribution in [2.45, 2.75) is 51.7 Å². The van der Waals surface area contributed by atoms with E-state index in [0.29, 0.717) is 18.5 Å². The lowest BCUT2D eigenvalue weighted by Gasteiger charge is -2.32. The molecule has 1 saturated carbocycles. The fraction of sp³-hybridized carbons (Fsp3) is 0.542. The number of ether oxygens (including phenoxy) is 1. The maximum absolute atomic E-state index is 5.80. The maximum Gasteiger partial charge on any atom is 0.213 e. The molecule has 1 aliphatic carbocycles. The Morgan fingerprint density at radius 1 is 1.13 bits per heavy atom. The minimum absolute atomic E-state index is 0.438. The Hall–Kier alpha value is -2.67. The first-order chi connectivity index (χ1) is 15.3. The largest absolute Gasteiger partial charge is 0.477 e. The second-order valence-electron chi connectivity index (χ2n) is 8.47. The second kappa shape index (κ2) is 11.1. The minimum Gasteiger partial charge on any atom is -0.477 e. The van der Waals surface area contributed by atoms with Gasteiger partial charge in [0.1, 0.15) is 0 Å². The number of aromatic nitrogens is 2. The van der Waals surface area contributed by atoms with E-state index in [1.54, 1.807) is 0 Å². The van der Waals surface area contributed by atoms with Gasteiger partial charge in [0.2, 0.25) is 5.88 Å². The molecule has 1 aliphatic heterocycles. The van der Waals surface area contributed by atoms with Gasteiger partial charge in [-0.25, -0.2) is 9.98 Å². The van der Waals surface area contributed by atoms with Gasteiger partial charge in [-0.2, -0.15) is 0 Å². The van der Waals surface area contributed by atoms with Crippen LogP contribution in [0.4, 0.5) is 0 Å². The third-order valence-corrected chi connectivity index (χ3v) is 5.77. The van der Waals surface area contributed by atoms with Crippen molar-refractivity contribution >= 4 is 5.96 Å². The molecule has 3 heterocycles. The monoisotopic (exact) mass is 422 g/mol. The zero-order chi connectivity index (χ0) is 21.3. The van der Waals surface area contributed by atoms with E-state index < -0.39 is 0 Å². The van der Waals surface area contributed by atoms with Gasteiger partial charge in [-0.05, 0) is 62.3 Å². The molecule has 2 N–H and O–H groups in total. The SMILES string of the molecule is CCNC(=NCc1ccnc(OCC2CC2)c1)NC1CCN(Cc2ccccn2)CC1. The number of guanidine groups is 1. The van der Waals surface area contributed by atoms with Crippen molar-refractivity contribution in [2.24, 2.45) is 10.9 Å². The highest BCUT2D eigenvalue weighted by Gasteiger charge is 2.22. The van der Waals surface area contributed by atoms with E-state index in [2.05, 4.69) is 44.6 Å². The molecule has 7 nitrogen and oxygen atoms in total. The second-order valence-corrected chi connectivity index (χ2v) is 8.47. The molecule has 0 aromatic carbocycles. The highest BCUT2D eigenvalue weighted by atomic mass is 16.5. The molecule has 31 heavy (non-hydrogen) atoms. The van der Waals surface area contributed by atoms with Gasteiger partial charge in [0.25, 0.3) is 0 Å². The van der Waals surface area contributed by atoms with E-state index in [1.165, 1.54) is 12.8 Å². The number of piperidine rings is 1. The third kappa shape index (κ3) is 7.21. The van der Waals surface area contributed by atoms with Crippen LogP contribution in [-0.2, 0) is 13.1 Å². The van der Waals surface area contributed by atoms with Gasteiger partial charge in [-0.1, -0.05) is 6.07 Å². The Morgan fingerprint density at radius 3 is 2.74 bits per heavy atom. The van der Waals surface area contributed by atoms with Crippen molar-refractivity contribution in [1.29, 1.82) is 0 Å². The number of nitrogens with one attached hydrogen (secondary N) is 2. The van der Waals surface area contributed by atoms with Crippen LogP contribution in [0.15, 0.2) is 47.7 Å². The summed E-state index contributed by atoms with van der Waals surface area (Å²) in [5.41, 5.74) is 2.25. The van der Waals surface area contributed by atoms with Gasteiger partial charge < -0.3 is 15.4 Å². The minimum atomic E-state index is 0.438. The van der Waals surface area contributed by atoms with Crippen LogP contribution in [0.2, 0.25) is 0 Å². The normalized spacial score (nSPS) is 18.0. The molecule has 0 amide bonds. The van der Waals surface area contributed by atoms with Crippen molar-refractivity contribution in [2.75, 3.05) is 26.2 Å². The van der Waals surface area contributed by atoms with E-state index in [-0.39, 0.29) is 0 Å². The van der Waals surface area contributed by atoms with Crippen molar-refractivity contribution in [3.05, 3.63) is 54.0 Å². The molecular weight excluding hydrogens is 388 g/mol. The first-order valence-electron chi connectivity index (χ1n) is 11.5. The Morgan fingerprint density at radius 2 is 2.00 bits per heavy atom. The van der Waals surface area contributed by atoms with Crippen LogP contribution in [-0.4, -0.2) is 53.1 Å². The zero-order valence-corrected chi connectivity index (χ0v) is 18.5. The Balaban J connectivity index is 1.26. The standard InChI is InChI=1S/C24H34N6O/c1-2-25-24(28-16-20-8-12-27-23(15-20)31-18-19-6-7-19)29-21-9-13-30(14-10-21)17-22-5-3-4-11-26-22/h3-5,8,11-12,15,19,21H,2,6-7,9-10,13-14,16-18H2,1H3,(H2,25,28,29). The lowest BCUT2D eigenvalue weighted by molar-refractivity contribution is 0.196. The van der Waals surface area contributed by atoms with Gasteiger partial charge in [-0.15, -0.1) is 0 Å². The van der Waals surface area contributed by atoms with E-state index in [4.69, 9.17) is 9.73 Å². The summed E-state index contributed by atoms with van der Waals surface area (Å²) in [6.07, 6.45) is 8.45. The first kappa shape index (κ1) is 21.6. The van der Waals surface area contributed by atoms with Crippen LogP contribution in [0.3, 0.4) is 0 Å². The molecule has 2 aromatic rings. The van der Waals surface area contributed by atoms with Gasteiger partial charge >= 0.3 is 0 Å². The van der Waals surface area contributed by atoms with Crippen molar-refractivity contribution in [3.8, 4) is 5.88 Å². The average molecular weight is 423 g/mol. The molecule has 1 saturated heterocycles. The van der Waals surface area contributed by atoms with Crippen LogP contribution in [0, 0.1) is 5.92 Å². The maximum atomic E-state index is 5.80. The number of hydrogen-bond acceptors (Lipinski definition) is 5. The summed E-state index contributed by atoms with van der Waals surface area (Å²) in [6, 6.07) is 10.6. The first-order valence-corrected chi connectivity index (χ1v) is 11.5. The average Bonchev–Trinajstić information content (AvgIpc) is 3.63. The third-order valence-electron chi connectivity index (χ3n) is 5.77. The Labute approximate surface area is 185 Å². The molecule has 4 rings (SSSR count). The molecule has 2 fully saturated rings. The van der Waals surface area contributed by atoms with Crippen molar-refractivity contribution in [1.82, 2.24) is 25.5 Å². The predicted octanol–water partition coefficient (Wildman–Crippen LogP) is 2.99. The van der Waals surface area contributed by atoms with E-state index in [9.17, 15) is 0 Å². The van der Waals surface area contributed by atoms with Gasteiger partial charge in [0, 0.05) is 50.7 Å². The number of pyridine rings is 2. The number of likely N-dealkylation sites (tertiary alicyclic amines) is 1. The molecule has 166 valence electrons. The summed E-state index contributed by atoms with van der Waals surface area (Å²) in [6.45, 7) is 7.40. The van der Waals surface area contributed by atoms with Crippen molar-refractivity contribution < 1.29 is 4.74 Å².